The lowest BCUT2D eigenvalue weighted by molar-refractivity contribution is 0.0656. The molecule has 2 aromatic heterocycles. The van der Waals surface area contributed by atoms with Crippen LogP contribution in [-0.2, 0) is 0 Å². The van der Waals surface area contributed by atoms with Gasteiger partial charge in [-0.25, -0.2) is 9.78 Å². The van der Waals surface area contributed by atoms with Crippen LogP contribution < -0.4 is 0 Å². The molecule has 0 spiro atoms. The van der Waals surface area contributed by atoms with Crippen molar-refractivity contribution < 1.29 is 18.7 Å². The van der Waals surface area contributed by atoms with Crippen molar-refractivity contribution in [3.05, 3.63) is 29.3 Å². The number of aromatic nitrogens is 1. The van der Waals surface area contributed by atoms with E-state index in [0.717, 1.165) is 23.2 Å². The number of hydrogen-bond acceptors (Lipinski definition) is 5. The Morgan fingerprint density at radius 2 is 2.12 bits per heavy atom. The van der Waals surface area contributed by atoms with Gasteiger partial charge in [0.2, 0.25) is 5.76 Å². The number of carbonyl (C=O) groups is 1. The summed E-state index contributed by atoms with van der Waals surface area (Å²) in [4.78, 5) is 14.7. The molecule has 0 amide bonds. The molecule has 2 heterocycles. The summed E-state index contributed by atoms with van der Waals surface area (Å²) >= 11 is 1.15. The number of aromatic carboxylic acids is 1. The second-order valence-corrected chi connectivity index (χ2v) is 4.10. The fraction of sp³-hybridized carbons (Fsp3) is 0.200. The van der Waals surface area contributed by atoms with Crippen LogP contribution in [0.3, 0.4) is 0 Å². The van der Waals surface area contributed by atoms with Crippen LogP contribution in [0.15, 0.2) is 31.3 Å². The van der Waals surface area contributed by atoms with E-state index in [-0.39, 0.29) is 5.76 Å². The molecule has 0 aliphatic rings. The molecule has 0 aromatic carbocycles. The zero-order chi connectivity index (χ0) is 11.7. The zero-order valence-electron chi connectivity index (χ0n) is 8.68. The zero-order valence-corrected chi connectivity index (χ0v) is 9.50. The van der Waals surface area contributed by atoms with Gasteiger partial charge in [0.05, 0.1) is 5.69 Å². The molecule has 0 saturated heterocycles. The van der Waals surface area contributed by atoms with Gasteiger partial charge in [-0.15, -0.1) is 0 Å². The van der Waals surface area contributed by atoms with Gasteiger partial charge in [0.15, 0.2) is 5.09 Å². The second-order valence-electron chi connectivity index (χ2n) is 3.15. The molecule has 0 fully saturated rings. The van der Waals surface area contributed by atoms with E-state index in [4.69, 9.17) is 13.9 Å². The number of oxazole rings is 1. The van der Waals surface area contributed by atoms with Crippen LogP contribution in [0.25, 0.3) is 0 Å². The SMILES string of the molecule is Cc1nc(Sc2ccc(C(=O)O)o2)oc1C. The van der Waals surface area contributed by atoms with E-state index < -0.39 is 5.97 Å². The highest BCUT2D eigenvalue weighted by Crippen LogP contribution is 2.29. The number of furan rings is 1. The third kappa shape index (κ3) is 2.11. The molecule has 2 rings (SSSR count). The van der Waals surface area contributed by atoms with Crippen molar-refractivity contribution in [2.24, 2.45) is 0 Å². The number of hydrogen-bond donors (Lipinski definition) is 1. The molecule has 0 radical (unpaired) electrons. The van der Waals surface area contributed by atoms with E-state index in [1.54, 1.807) is 6.07 Å². The van der Waals surface area contributed by atoms with Gasteiger partial charge < -0.3 is 13.9 Å². The highest BCUT2D eigenvalue weighted by Gasteiger charge is 2.13. The van der Waals surface area contributed by atoms with Crippen LogP contribution >= 0.6 is 11.8 Å². The first-order valence-corrected chi connectivity index (χ1v) is 5.33. The molecule has 6 heteroatoms. The normalized spacial score (nSPS) is 10.6. The predicted octanol–water partition coefficient (Wildman–Crippen LogP) is 2.73. The van der Waals surface area contributed by atoms with Crippen LogP contribution in [0.1, 0.15) is 22.0 Å². The van der Waals surface area contributed by atoms with Crippen LogP contribution in [0, 0.1) is 13.8 Å². The Labute approximate surface area is 95.5 Å². The number of carboxylic acids is 1. The molecule has 2 aromatic rings. The van der Waals surface area contributed by atoms with Gasteiger partial charge >= 0.3 is 5.97 Å². The smallest absolute Gasteiger partial charge is 0.371 e. The standard InChI is InChI=1S/C10H9NO4S/c1-5-6(2)14-10(11-5)16-8-4-3-7(15-8)9(12)13/h3-4H,1-2H3,(H,12,13). The third-order valence-electron chi connectivity index (χ3n) is 1.99. The van der Waals surface area contributed by atoms with Gasteiger partial charge in [-0.2, -0.15) is 0 Å². The fourth-order valence-corrected chi connectivity index (χ4v) is 1.85. The van der Waals surface area contributed by atoms with Crippen molar-refractivity contribution in [1.29, 1.82) is 0 Å². The molecule has 16 heavy (non-hydrogen) atoms. The fourth-order valence-electron chi connectivity index (χ4n) is 1.06. The van der Waals surface area contributed by atoms with E-state index in [1.165, 1.54) is 6.07 Å². The van der Waals surface area contributed by atoms with Crippen LogP contribution in [0.2, 0.25) is 0 Å². The largest absolute Gasteiger partial charge is 0.475 e. The van der Waals surface area contributed by atoms with E-state index in [1.807, 2.05) is 13.8 Å². The molecule has 84 valence electrons. The number of nitrogens with zero attached hydrogens (tertiary/aromatic N) is 1. The molecule has 0 aliphatic heterocycles. The number of rotatable bonds is 3. The Morgan fingerprint density at radius 1 is 1.38 bits per heavy atom. The van der Waals surface area contributed by atoms with Crippen molar-refractivity contribution in [1.82, 2.24) is 4.98 Å². The summed E-state index contributed by atoms with van der Waals surface area (Å²) in [6.07, 6.45) is 0. The van der Waals surface area contributed by atoms with Crippen LogP contribution in [-0.4, -0.2) is 16.1 Å². The first kappa shape index (κ1) is 10.8. The Hall–Kier alpha value is -1.69. The Bertz CT molecular complexity index is 509. The first-order valence-electron chi connectivity index (χ1n) is 4.51. The van der Waals surface area contributed by atoms with E-state index in [0.29, 0.717) is 10.3 Å². The van der Waals surface area contributed by atoms with E-state index >= 15 is 0 Å². The van der Waals surface area contributed by atoms with E-state index in [2.05, 4.69) is 4.98 Å². The van der Waals surface area contributed by atoms with E-state index in [9.17, 15) is 4.79 Å². The topological polar surface area (TPSA) is 76.5 Å². The lowest BCUT2D eigenvalue weighted by Gasteiger charge is -1.90. The van der Waals surface area contributed by atoms with Crippen molar-refractivity contribution in [2.75, 3.05) is 0 Å². The lowest BCUT2D eigenvalue weighted by Crippen LogP contribution is -1.91. The molecule has 1 N–H and O–H groups in total. The average Bonchev–Trinajstić information content (AvgIpc) is 2.76. The third-order valence-corrected chi connectivity index (χ3v) is 2.76. The predicted molar refractivity (Wildman–Crippen MR) is 55.8 cm³/mol. The molecule has 0 unspecified atom stereocenters. The first-order chi connectivity index (χ1) is 7.56. The van der Waals surface area contributed by atoms with Crippen molar-refractivity contribution in [3.63, 3.8) is 0 Å². The molecular formula is C10H9NO4S. The summed E-state index contributed by atoms with van der Waals surface area (Å²) in [5, 5.41) is 9.56. The Kier molecular flexibility index (Phi) is 2.74. The summed E-state index contributed by atoms with van der Waals surface area (Å²) in [7, 11) is 0. The second kappa shape index (κ2) is 4.05. The minimum atomic E-state index is -1.09. The highest BCUT2D eigenvalue weighted by atomic mass is 32.2. The van der Waals surface area contributed by atoms with Crippen molar-refractivity contribution in [2.45, 2.75) is 24.2 Å². The van der Waals surface area contributed by atoms with Crippen LogP contribution in [0.4, 0.5) is 0 Å². The van der Waals surface area contributed by atoms with Gasteiger partial charge in [0.25, 0.3) is 5.22 Å². The summed E-state index contributed by atoms with van der Waals surface area (Å²) in [6, 6.07) is 2.97. The summed E-state index contributed by atoms with van der Waals surface area (Å²) in [6.45, 7) is 3.66. The lowest BCUT2D eigenvalue weighted by atomic mass is 10.4. The summed E-state index contributed by atoms with van der Waals surface area (Å²) in [5.74, 6) is -0.443. The average molecular weight is 239 g/mol. The molecule has 0 aliphatic carbocycles. The maximum absolute atomic E-state index is 10.6. The maximum atomic E-state index is 10.6. The van der Waals surface area contributed by atoms with Gasteiger partial charge in [-0.1, -0.05) is 0 Å². The van der Waals surface area contributed by atoms with Crippen molar-refractivity contribution >= 4 is 17.7 Å². The molecule has 5 nitrogen and oxygen atoms in total. The highest BCUT2D eigenvalue weighted by molar-refractivity contribution is 7.99. The molecule has 0 bridgehead atoms. The van der Waals surface area contributed by atoms with Gasteiger partial charge in [-0.3, -0.25) is 0 Å². The summed E-state index contributed by atoms with van der Waals surface area (Å²) < 4.78 is 10.4. The van der Waals surface area contributed by atoms with Gasteiger partial charge in [-0.05, 0) is 26.0 Å². The van der Waals surface area contributed by atoms with Gasteiger partial charge in [0.1, 0.15) is 5.76 Å². The number of carboxylic acid groups (broad SMARTS) is 1. The monoisotopic (exact) mass is 239 g/mol. The van der Waals surface area contributed by atoms with Crippen LogP contribution in [0.5, 0.6) is 0 Å². The Morgan fingerprint density at radius 3 is 2.62 bits per heavy atom. The quantitative estimate of drug-likeness (QED) is 0.887. The summed E-state index contributed by atoms with van der Waals surface area (Å²) in [5.41, 5.74) is 0.813. The molecular weight excluding hydrogens is 230 g/mol. The molecule has 0 atom stereocenters. The van der Waals surface area contributed by atoms with Gasteiger partial charge in [0, 0.05) is 11.8 Å². The molecule has 0 saturated carbocycles. The number of aryl methyl sites for hydroxylation is 2. The minimum Gasteiger partial charge on any atom is -0.475 e. The minimum absolute atomic E-state index is 0.0949. The maximum Gasteiger partial charge on any atom is 0.371 e. The Balaban J connectivity index is 2.17. The van der Waals surface area contributed by atoms with Crippen molar-refractivity contribution in [3.8, 4) is 0 Å².